The third-order valence-electron chi connectivity index (χ3n) is 22.0. The Morgan fingerprint density at radius 2 is 0.614 bits per heavy atom. The molecule has 622 valence electrons. The van der Waals surface area contributed by atoms with E-state index in [1.54, 1.807) is 13.8 Å². The lowest BCUT2D eigenvalue weighted by Crippen LogP contribution is -2.45. The fraction of sp³-hybridized carbons (Fsp3) is 0.589. The molecule has 0 spiro atoms. The molecule has 0 N–H and O–H groups in total. The van der Waals surface area contributed by atoms with Crippen molar-refractivity contribution in [2.24, 2.45) is 57.2 Å². The first-order valence-electron chi connectivity index (χ1n) is 40.2. The van der Waals surface area contributed by atoms with Crippen molar-refractivity contribution in [3.05, 3.63) is 112 Å². The van der Waals surface area contributed by atoms with Crippen molar-refractivity contribution in [2.45, 2.75) is 309 Å². The molecule has 0 aromatic heterocycles. The molecule has 10 saturated carbocycles. The lowest BCUT2D eigenvalue weighted by Gasteiger charge is -2.39. The summed E-state index contributed by atoms with van der Waals surface area (Å²) < 4.78 is 0. The van der Waals surface area contributed by atoms with Crippen LogP contribution in [0.5, 0.6) is 0 Å². The van der Waals surface area contributed by atoms with Gasteiger partial charge in [0.25, 0.3) is 0 Å². The molecule has 19 heteroatoms. The molecule has 0 aromatic rings. The van der Waals surface area contributed by atoms with E-state index in [1.807, 2.05) is 192 Å². The summed E-state index contributed by atoms with van der Waals surface area (Å²) >= 11 is 0. The first kappa shape index (κ1) is 99.3. The predicted molar refractivity (Wildman–Crippen MR) is 440 cm³/mol. The summed E-state index contributed by atoms with van der Waals surface area (Å²) in [6.45, 7) is 51.9. The number of carbonyl (C=O) groups is 19. The van der Waals surface area contributed by atoms with Crippen molar-refractivity contribution in [2.75, 3.05) is 0 Å². The highest BCUT2D eigenvalue weighted by Gasteiger charge is 2.49. The molecule has 4 bridgehead atoms. The number of ketones is 19. The maximum Gasteiger partial charge on any atom is 0.173 e. The second-order valence-electron chi connectivity index (χ2n) is 37.0. The second-order valence-corrected chi connectivity index (χ2v) is 37.0. The molecule has 0 radical (unpaired) electrons. The monoisotopic (exact) mass is 1570 g/mol. The van der Waals surface area contributed by atoms with Crippen LogP contribution in [-0.2, 0) is 91.1 Å². The summed E-state index contributed by atoms with van der Waals surface area (Å²) in [6, 6.07) is 0. The highest BCUT2D eigenvalue weighted by Crippen LogP contribution is 2.45. The highest BCUT2D eigenvalue weighted by atomic mass is 16.2. The zero-order valence-corrected chi connectivity index (χ0v) is 73.6. The van der Waals surface area contributed by atoms with Crippen LogP contribution in [0, 0.1) is 57.2 Å². The number of allylic oxidation sites excluding steroid dienone is 20. The van der Waals surface area contributed by atoms with E-state index in [9.17, 15) is 91.1 Å². The van der Waals surface area contributed by atoms with E-state index in [1.165, 1.54) is 0 Å². The van der Waals surface area contributed by atoms with Crippen LogP contribution in [0.4, 0.5) is 0 Å². The van der Waals surface area contributed by atoms with Crippen LogP contribution in [0.3, 0.4) is 0 Å². The normalized spacial score (nSPS) is 24.5. The number of fused-ring (bicyclic) bond motifs is 4. The van der Waals surface area contributed by atoms with E-state index in [4.69, 9.17) is 0 Å². The van der Waals surface area contributed by atoms with Crippen LogP contribution in [0.25, 0.3) is 0 Å². The van der Waals surface area contributed by atoms with Crippen LogP contribution in [0.1, 0.15) is 309 Å². The van der Waals surface area contributed by atoms with E-state index >= 15 is 0 Å². The van der Waals surface area contributed by atoms with E-state index < -0.39 is 10.8 Å². The van der Waals surface area contributed by atoms with Crippen LogP contribution in [0.15, 0.2) is 112 Å². The topological polar surface area (TPSA) is 324 Å². The summed E-state index contributed by atoms with van der Waals surface area (Å²) in [4.78, 5) is 219. The molecule has 5 atom stereocenters. The first-order valence-corrected chi connectivity index (χ1v) is 40.2. The van der Waals surface area contributed by atoms with Gasteiger partial charge in [0.2, 0.25) is 0 Å². The maximum absolute atomic E-state index is 12.1. The Morgan fingerprint density at radius 1 is 0.298 bits per heavy atom. The molecule has 0 saturated heterocycles. The van der Waals surface area contributed by atoms with Gasteiger partial charge in [-0.1, -0.05) is 132 Å². The molecule has 10 fully saturated rings. The van der Waals surface area contributed by atoms with Crippen LogP contribution < -0.4 is 0 Å². The fourth-order valence-corrected chi connectivity index (χ4v) is 16.3. The molecule has 0 amide bonds. The number of hydrogen-bond acceptors (Lipinski definition) is 19. The van der Waals surface area contributed by atoms with Crippen LogP contribution in [-0.4, -0.2) is 110 Å². The van der Waals surface area contributed by atoms with Gasteiger partial charge in [0.05, 0.1) is 63.0 Å². The Kier molecular flexibility index (Phi) is 35.8. The third kappa shape index (κ3) is 25.8. The van der Waals surface area contributed by atoms with Gasteiger partial charge in [0.1, 0.15) is 5.78 Å². The van der Waals surface area contributed by atoms with Crippen molar-refractivity contribution >= 4 is 110 Å². The molecular weight excluding hydrogens is 1450 g/mol. The van der Waals surface area contributed by atoms with Gasteiger partial charge < -0.3 is 0 Å². The summed E-state index contributed by atoms with van der Waals surface area (Å²) in [5.74, 6) is 0.143. The third-order valence-corrected chi connectivity index (χ3v) is 22.0. The minimum Gasteiger partial charge on any atom is -0.299 e. The minimum absolute atomic E-state index is 0.00632. The highest BCUT2D eigenvalue weighted by molar-refractivity contribution is 6.33. The van der Waals surface area contributed by atoms with Crippen molar-refractivity contribution in [3.63, 3.8) is 0 Å². The smallest absolute Gasteiger partial charge is 0.173 e. The quantitative estimate of drug-likeness (QED) is 0.0941. The molecule has 0 aliphatic heterocycles. The minimum atomic E-state index is -0.413. The van der Waals surface area contributed by atoms with E-state index in [0.717, 1.165) is 70.3 Å². The first-order chi connectivity index (χ1) is 52.2. The Balaban J connectivity index is 0.000000332. The van der Waals surface area contributed by atoms with E-state index in [2.05, 4.69) is 0 Å². The van der Waals surface area contributed by atoms with Gasteiger partial charge in [0.15, 0.2) is 104 Å². The Labute approximate surface area is 676 Å². The predicted octanol–water partition coefficient (Wildman–Crippen LogP) is 17.3. The molecular formula is C95H128O19. The van der Waals surface area contributed by atoms with Crippen LogP contribution >= 0.6 is 0 Å². The van der Waals surface area contributed by atoms with E-state index in [0.29, 0.717) is 127 Å². The van der Waals surface area contributed by atoms with Crippen molar-refractivity contribution < 1.29 is 91.1 Å². The van der Waals surface area contributed by atoms with Gasteiger partial charge in [-0.25, -0.2) is 0 Å². The van der Waals surface area contributed by atoms with Crippen molar-refractivity contribution in [3.8, 4) is 0 Å². The van der Waals surface area contributed by atoms with Gasteiger partial charge >= 0.3 is 0 Å². The Morgan fingerprint density at radius 3 is 0.956 bits per heavy atom. The summed E-state index contributed by atoms with van der Waals surface area (Å²) in [5.41, 5.74) is 10.1. The summed E-state index contributed by atoms with van der Waals surface area (Å²) in [6.07, 6.45) is 13.9. The molecule has 11 aliphatic rings. The molecule has 11 aliphatic carbocycles. The van der Waals surface area contributed by atoms with Gasteiger partial charge in [-0.15, -0.1) is 0 Å². The average molecular weight is 1570 g/mol. The second kappa shape index (κ2) is 41.1. The zero-order chi connectivity index (χ0) is 88.0. The fourth-order valence-electron chi connectivity index (χ4n) is 16.3. The molecule has 114 heavy (non-hydrogen) atoms. The Hall–Kier alpha value is -8.87. The summed E-state index contributed by atoms with van der Waals surface area (Å²) in [7, 11) is 0. The standard InChI is InChI=1S/C13H20O2.C11H14O2.C11H12O2.2C11H16O2.2C10H14O2.C9H10O3.C9H12O2/c1-8(2)9-10(14)12(3,4)7-13(5,6)11(9)15;2*1-6(2)9-10(12)7-3-4-8(5-7)11(9)13;1-7(2)10-8(12)5-11(3,4)6-9(10)13;1-7(2)9-8(12)5-6-11(3,4)10(9)13;1-6(2)10-8(11)4-7(3)5-9(10)12;1-6(2)9-8(11)5-4-7(3)10(9)12;1-5(2)9-7(11)3-6(10)4-8(9)12;1-6(2)9-7(10)4-3-5-8(9)11/h7H2,1-6H3;7-8H,3-5H2,1-2H3;3-4,7-8H,5H2,1-2H3;2*5-6H2,1-4H3;2*7H,4-5H2,1-3H3;3-4H2,1-2H3;3-5H2,1-2H3. The lowest BCUT2D eigenvalue weighted by atomic mass is 9.61. The molecule has 5 unspecified atom stereocenters. The Bertz CT molecular complexity index is 4200. The number of rotatable bonds is 0. The summed E-state index contributed by atoms with van der Waals surface area (Å²) in [5, 5.41) is 0. The van der Waals surface area contributed by atoms with Gasteiger partial charge in [-0.05, 0) is 187 Å². The van der Waals surface area contributed by atoms with E-state index in [-0.39, 0.29) is 175 Å². The maximum atomic E-state index is 12.1. The van der Waals surface area contributed by atoms with Gasteiger partial charge in [-0.2, -0.15) is 0 Å². The molecule has 11 rings (SSSR count). The van der Waals surface area contributed by atoms with Crippen molar-refractivity contribution in [1.82, 2.24) is 0 Å². The molecule has 19 nitrogen and oxygen atoms in total. The average Bonchev–Trinajstić information content (AvgIpc) is 1.12. The number of carbonyl (C=O) groups excluding carboxylic acids is 19. The van der Waals surface area contributed by atoms with Crippen molar-refractivity contribution in [1.29, 1.82) is 0 Å². The molecule has 0 heterocycles. The SMILES string of the molecule is CC(C)=C1C(=O)C(C)(C)CC(C)(C)C1=O.CC(C)=C1C(=O)C2C=CC(C2)C1=O.CC(C)=C1C(=O)C2CCC(C2)C1=O.CC(C)=C1C(=O)CC(=O)CC1=O.CC(C)=C1C(=O)CC(C)(C)CC1=O.CC(C)=C1C(=O)CC(C)CC1=O.CC(C)=C1C(=O)CCC(C)(C)C1=O.CC(C)=C1C(=O)CCC(C)C1=O.CC(C)=C1C(=O)CCCC1=O. The lowest BCUT2D eigenvalue weighted by molar-refractivity contribution is -0.138. The van der Waals surface area contributed by atoms with Gasteiger partial charge in [-0.3, -0.25) is 91.1 Å². The van der Waals surface area contributed by atoms with Crippen LogP contribution in [0.2, 0.25) is 0 Å². The number of hydrogen-bond donors (Lipinski definition) is 0. The molecule has 0 aromatic carbocycles. The zero-order valence-electron chi connectivity index (χ0n) is 73.6. The van der Waals surface area contributed by atoms with Gasteiger partial charge in [0, 0.05) is 97.2 Å². The largest absolute Gasteiger partial charge is 0.299 e. The number of Topliss-reactive ketones (excluding diaryl/α,β-unsaturated/α-hetero) is 19.